The van der Waals surface area contributed by atoms with Crippen LogP contribution >= 0.6 is 12.2 Å². The van der Waals surface area contributed by atoms with Gasteiger partial charge in [-0.25, -0.2) is 0 Å². The Hall–Kier alpha value is -3.12. The highest BCUT2D eigenvalue weighted by molar-refractivity contribution is 7.80. The summed E-state index contributed by atoms with van der Waals surface area (Å²) in [5, 5.41) is 3.98. The number of pyridine rings is 1. The van der Waals surface area contributed by atoms with Crippen LogP contribution in [-0.2, 0) is 13.1 Å². The Morgan fingerprint density at radius 2 is 1.70 bits per heavy atom. The summed E-state index contributed by atoms with van der Waals surface area (Å²) in [5.41, 5.74) is 3.08. The van der Waals surface area contributed by atoms with E-state index in [1.54, 1.807) is 6.20 Å². The number of hydrogen-bond acceptors (Lipinski definition) is 4. The number of benzene rings is 2. The van der Waals surface area contributed by atoms with Gasteiger partial charge >= 0.3 is 0 Å². The first kappa shape index (κ1) is 21.6. The topological polar surface area (TPSA) is 46.6 Å². The fourth-order valence-electron chi connectivity index (χ4n) is 3.05. The third-order valence-corrected chi connectivity index (χ3v) is 4.79. The standard InChI is InChI=1S/C24H27N3O2S/c1-3-28-22-13-11-21(12-14-22)26-24(30)27(17-19-8-7-15-25-16-19)18-20-9-5-6-10-23(20)29-4-2/h5-16H,3-4,17-18H2,1-2H3,(H,26,30). The summed E-state index contributed by atoms with van der Waals surface area (Å²) in [4.78, 5) is 6.35. The van der Waals surface area contributed by atoms with Gasteiger partial charge in [-0.15, -0.1) is 0 Å². The van der Waals surface area contributed by atoms with Crippen molar-refractivity contribution in [3.8, 4) is 11.5 Å². The number of thiocarbonyl (C=S) groups is 1. The summed E-state index contributed by atoms with van der Waals surface area (Å²) in [5.74, 6) is 1.71. The van der Waals surface area contributed by atoms with Crippen LogP contribution in [0.25, 0.3) is 0 Å². The summed E-state index contributed by atoms with van der Waals surface area (Å²) >= 11 is 5.77. The molecule has 2 aromatic carbocycles. The maximum Gasteiger partial charge on any atom is 0.174 e. The van der Waals surface area contributed by atoms with E-state index in [4.69, 9.17) is 21.7 Å². The molecule has 5 nitrogen and oxygen atoms in total. The van der Waals surface area contributed by atoms with Crippen LogP contribution in [0.2, 0.25) is 0 Å². The third kappa shape index (κ3) is 6.19. The van der Waals surface area contributed by atoms with Crippen LogP contribution in [0, 0.1) is 0 Å². The zero-order valence-corrected chi connectivity index (χ0v) is 18.2. The van der Waals surface area contributed by atoms with Crippen molar-refractivity contribution in [2.24, 2.45) is 0 Å². The van der Waals surface area contributed by atoms with Gasteiger partial charge in [-0.3, -0.25) is 4.98 Å². The predicted octanol–water partition coefficient (Wildman–Crippen LogP) is 5.28. The summed E-state index contributed by atoms with van der Waals surface area (Å²) in [6, 6.07) is 19.8. The molecule has 156 valence electrons. The van der Waals surface area contributed by atoms with E-state index >= 15 is 0 Å². The van der Waals surface area contributed by atoms with E-state index in [0.29, 0.717) is 31.4 Å². The molecule has 3 rings (SSSR count). The lowest BCUT2D eigenvalue weighted by Gasteiger charge is -2.27. The lowest BCUT2D eigenvalue weighted by atomic mass is 10.1. The smallest absolute Gasteiger partial charge is 0.174 e. The number of anilines is 1. The van der Waals surface area contributed by atoms with E-state index in [-0.39, 0.29) is 0 Å². The average molecular weight is 422 g/mol. The van der Waals surface area contributed by atoms with Crippen LogP contribution in [0.3, 0.4) is 0 Å². The third-order valence-electron chi connectivity index (χ3n) is 4.43. The van der Waals surface area contributed by atoms with Gasteiger partial charge in [0.1, 0.15) is 11.5 Å². The van der Waals surface area contributed by atoms with Gasteiger partial charge in [-0.2, -0.15) is 0 Å². The van der Waals surface area contributed by atoms with Crippen LogP contribution < -0.4 is 14.8 Å². The Kier molecular flexibility index (Phi) is 8.03. The minimum atomic E-state index is 0.619. The van der Waals surface area contributed by atoms with E-state index in [0.717, 1.165) is 28.3 Å². The maximum atomic E-state index is 5.81. The maximum absolute atomic E-state index is 5.81. The molecule has 1 aromatic heterocycles. The Morgan fingerprint density at radius 3 is 2.40 bits per heavy atom. The Morgan fingerprint density at radius 1 is 0.933 bits per heavy atom. The zero-order valence-electron chi connectivity index (χ0n) is 17.4. The molecule has 0 aliphatic rings. The quantitative estimate of drug-likeness (QED) is 0.475. The second-order valence-corrected chi connectivity index (χ2v) is 7.03. The van der Waals surface area contributed by atoms with Crippen LogP contribution in [0.5, 0.6) is 11.5 Å². The van der Waals surface area contributed by atoms with Gasteiger partial charge in [0.05, 0.1) is 13.2 Å². The second kappa shape index (κ2) is 11.2. The number of rotatable bonds is 9. The van der Waals surface area contributed by atoms with Gasteiger partial charge in [0.2, 0.25) is 0 Å². The molecule has 1 N–H and O–H groups in total. The molecule has 0 saturated carbocycles. The molecule has 0 aliphatic carbocycles. The summed E-state index contributed by atoms with van der Waals surface area (Å²) in [6.45, 7) is 6.48. The van der Waals surface area contributed by atoms with Crippen molar-refractivity contribution in [3.63, 3.8) is 0 Å². The number of hydrogen-bond donors (Lipinski definition) is 1. The molecule has 0 spiro atoms. The van der Waals surface area contributed by atoms with Gasteiger partial charge in [0, 0.05) is 36.7 Å². The first-order valence-corrected chi connectivity index (χ1v) is 10.5. The average Bonchev–Trinajstić information content (AvgIpc) is 2.77. The van der Waals surface area contributed by atoms with Crippen molar-refractivity contribution in [1.82, 2.24) is 9.88 Å². The molecule has 0 amide bonds. The molecule has 0 fully saturated rings. The van der Waals surface area contributed by atoms with Crippen molar-refractivity contribution < 1.29 is 9.47 Å². The largest absolute Gasteiger partial charge is 0.494 e. The van der Waals surface area contributed by atoms with E-state index in [1.165, 1.54) is 0 Å². The fraction of sp³-hybridized carbons (Fsp3) is 0.250. The van der Waals surface area contributed by atoms with Crippen LogP contribution in [0.15, 0.2) is 73.1 Å². The van der Waals surface area contributed by atoms with Crippen molar-refractivity contribution in [2.75, 3.05) is 18.5 Å². The minimum Gasteiger partial charge on any atom is -0.494 e. The molecular formula is C24H27N3O2S. The SMILES string of the molecule is CCOc1ccc(NC(=S)N(Cc2cccnc2)Cc2ccccc2OCC)cc1. The summed E-state index contributed by atoms with van der Waals surface area (Å²) in [6.07, 6.45) is 3.63. The van der Waals surface area contributed by atoms with E-state index in [9.17, 15) is 0 Å². The highest BCUT2D eigenvalue weighted by atomic mass is 32.1. The number of ether oxygens (including phenoxy) is 2. The first-order valence-electron chi connectivity index (χ1n) is 10.1. The lowest BCUT2D eigenvalue weighted by molar-refractivity contribution is 0.327. The number of nitrogens with zero attached hydrogens (tertiary/aromatic N) is 2. The predicted molar refractivity (Wildman–Crippen MR) is 125 cm³/mol. The molecule has 6 heteroatoms. The van der Waals surface area contributed by atoms with Crippen molar-refractivity contribution in [2.45, 2.75) is 26.9 Å². The molecule has 0 unspecified atom stereocenters. The molecule has 0 atom stereocenters. The van der Waals surface area contributed by atoms with Gasteiger partial charge in [0.25, 0.3) is 0 Å². The molecule has 0 saturated heterocycles. The van der Waals surface area contributed by atoms with Gasteiger partial charge in [0.15, 0.2) is 5.11 Å². The first-order chi connectivity index (χ1) is 14.7. The number of aromatic nitrogens is 1. The number of nitrogens with one attached hydrogen (secondary N) is 1. The molecule has 0 bridgehead atoms. The van der Waals surface area contributed by atoms with Crippen LogP contribution in [0.4, 0.5) is 5.69 Å². The van der Waals surface area contributed by atoms with Crippen LogP contribution in [0.1, 0.15) is 25.0 Å². The zero-order chi connectivity index (χ0) is 21.2. The van der Waals surface area contributed by atoms with Crippen LogP contribution in [-0.4, -0.2) is 28.2 Å². The molecule has 30 heavy (non-hydrogen) atoms. The van der Waals surface area contributed by atoms with Gasteiger partial charge in [-0.1, -0.05) is 24.3 Å². The van der Waals surface area contributed by atoms with E-state index < -0.39 is 0 Å². The normalized spacial score (nSPS) is 10.3. The molecule has 0 aliphatic heterocycles. The van der Waals surface area contributed by atoms with E-state index in [2.05, 4.69) is 21.3 Å². The molecule has 3 aromatic rings. The monoisotopic (exact) mass is 421 g/mol. The Balaban J connectivity index is 1.79. The Labute approximate surface area is 183 Å². The fourth-order valence-corrected chi connectivity index (χ4v) is 3.30. The minimum absolute atomic E-state index is 0.619. The summed E-state index contributed by atoms with van der Waals surface area (Å²) < 4.78 is 11.3. The lowest BCUT2D eigenvalue weighted by Crippen LogP contribution is -2.34. The second-order valence-electron chi connectivity index (χ2n) is 6.65. The highest BCUT2D eigenvalue weighted by Gasteiger charge is 2.14. The number of para-hydroxylation sites is 1. The van der Waals surface area contributed by atoms with Gasteiger partial charge < -0.3 is 19.7 Å². The van der Waals surface area contributed by atoms with Crippen molar-refractivity contribution in [3.05, 3.63) is 84.2 Å². The molecular weight excluding hydrogens is 394 g/mol. The van der Waals surface area contributed by atoms with Gasteiger partial charge in [-0.05, 0) is 68.0 Å². The molecule has 1 heterocycles. The van der Waals surface area contributed by atoms with Crippen molar-refractivity contribution >= 4 is 23.0 Å². The van der Waals surface area contributed by atoms with Crippen molar-refractivity contribution in [1.29, 1.82) is 0 Å². The highest BCUT2D eigenvalue weighted by Crippen LogP contribution is 2.22. The Bertz CT molecular complexity index is 933. The van der Waals surface area contributed by atoms with E-state index in [1.807, 2.05) is 74.6 Å². The summed E-state index contributed by atoms with van der Waals surface area (Å²) in [7, 11) is 0. The molecule has 0 radical (unpaired) electrons.